The topological polar surface area (TPSA) is 96.3 Å². The lowest BCUT2D eigenvalue weighted by molar-refractivity contribution is -0.147. The first kappa shape index (κ1) is 19.5. The molecular formula is C17H23ClN4O3. The van der Waals surface area contributed by atoms with E-state index in [0.717, 1.165) is 24.8 Å². The van der Waals surface area contributed by atoms with E-state index in [9.17, 15) is 4.79 Å². The van der Waals surface area contributed by atoms with Crippen molar-refractivity contribution in [2.24, 2.45) is 10.5 Å². The van der Waals surface area contributed by atoms with Gasteiger partial charge in [0.15, 0.2) is 0 Å². The van der Waals surface area contributed by atoms with Crippen molar-refractivity contribution in [2.75, 3.05) is 19.8 Å². The molecule has 1 saturated heterocycles. The minimum atomic E-state index is -0.237. The van der Waals surface area contributed by atoms with Gasteiger partial charge in [-0.3, -0.25) is 4.79 Å². The van der Waals surface area contributed by atoms with Gasteiger partial charge in [-0.15, -0.1) is 12.4 Å². The van der Waals surface area contributed by atoms with Gasteiger partial charge in [0.1, 0.15) is 12.6 Å². The summed E-state index contributed by atoms with van der Waals surface area (Å²) in [5.41, 5.74) is 9.28. The van der Waals surface area contributed by atoms with Crippen LogP contribution >= 0.6 is 12.4 Å². The number of carbonyl (C=O) groups is 1. The number of rotatable bonds is 9. The van der Waals surface area contributed by atoms with Gasteiger partial charge in [-0.2, -0.15) is 0 Å². The highest BCUT2D eigenvalue weighted by molar-refractivity contribution is 5.85. The summed E-state index contributed by atoms with van der Waals surface area (Å²) in [5.74, 6) is -0.186. The van der Waals surface area contributed by atoms with Gasteiger partial charge in [-0.25, -0.2) is 0 Å². The number of benzene rings is 1. The third kappa shape index (κ3) is 5.09. The number of nitrogens with one attached hydrogen (secondary N) is 1. The number of esters is 1. The van der Waals surface area contributed by atoms with Gasteiger partial charge in [-0.1, -0.05) is 35.4 Å². The minimum Gasteiger partial charge on any atom is -0.460 e. The Morgan fingerprint density at radius 3 is 2.92 bits per heavy atom. The number of halogens is 1. The van der Waals surface area contributed by atoms with Crippen LogP contribution in [-0.2, 0) is 20.9 Å². The second-order valence-corrected chi connectivity index (χ2v) is 6.50. The zero-order valence-electron chi connectivity index (χ0n) is 14.0. The Kier molecular flexibility index (Phi) is 7.08. The van der Waals surface area contributed by atoms with Crippen LogP contribution in [-0.4, -0.2) is 37.8 Å². The number of hydrogen-bond donors (Lipinski definition) is 1. The van der Waals surface area contributed by atoms with Crippen molar-refractivity contribution < 1.29 is 14.3 Å². The van der Waals surface area contributed by atoms with Crippen molar-refractivity contribution in [3.63, 3.8) is 0 Å². The molecule has 3 rings (SSSR count). The zero-order valence-corrected chi connectivity index (χ0v) is 14.8. The normalized spacial score (nSPS) is 26.1. The number of ether oxygens (including phenoxy) is 2. The molecule has 7 nitrogen and oxygen atoms in total. The van der Waals surface area contributed by atoms with Gasteiger partial charge in [0.2, 0.25) is 0 Å². The first-order chi connectivity index (χ1) is 11.7. The van der Waals surface area contributed by atoms with Crippen LogP contribution in [0.4, 0.5) is 0 Å². The van der Waals surface area contributed by atoms with Crippen LogP contribution < -0.4 is 5.32 Å². The molecule has 0 aromatic heterocycles. The van der Waals surface area contributed by atoms with Gasteiger partial charge in [0.05, 0.1) is 6.61 Å². The fourth-order valence-corrected chi connectivity index (χ4v) is 3.27. The Hall–Kier alpha value is -1.79. The van der Waals surface area contributed by atoms with E-state index in [1.807, 2.05) is 30.3 Å². The SMILES string of the molecule is Cl.[N-]=[N+]=NCCCOC[C@]12C[C@@H](C(=O)OCc3ccccc3)N[C@H]1C2. The fraction of sp³-hybridized carbons (Fsp3) is 0.588. The van der Waals surface area contributed by atoms with E-state index in [4.69, 9.17) is 15.0 Å². The highest BCUT2D eigenvalue weighted by Gasteiger charge is 2.61. The highest BCUT2D eigenvalue weighted by atomic mass is 35.5. The first-order valence-electron chi connectivity index (χ1n) is 8.29. The molecule has 0 unspecified atom stereocenters. The fourth-order valence-electron chi connectivity index (χ4n) is 3.27. The number of azide groups is 1. The number of hydrogen-bond acceptors (Lipinski definition) is 5. The van der Waals surface area contributed by atoms with Gasteiger partial charge in [0.25, 0.3) is 0 Å². The summed E-state index contributed by atoms with van der Waals surface area (Å²) in [5, 5.41) is 6.82. The van der Waals surface area contributed by atoms with Crippen LogP contribution in [0, 0.1) is 5.41 Å². The van der Waals surface area contributed by atoms with Gasteiger partial charge in [0, 0.05) is 29.5 Å². The van der Waals surface area contributed by atoms with E-state index in [-0.39, 0.29) is 29.8 Å². The summed E-state index contributed by atoms with van der Waals surface area (Å²) in [4.78, 5) is 14.9. The van der Waals surface area contributed by atoms with E-state index < -0.39 is 0 Å². The summed E-state index contributed by atoms with van der Waals surface area (Å²) in [7, 11) is 0. The molecule has 136 valence electrons. The van der Waals surface area contributed by atoms with Crippen molar-refractivity contribution in [1.82, 2.24) is 5.32 Å². The summed E-state index contributed by atoms with van der Waals surface area (Å²) in [6.07, 6.45) is 2.54. The molecule has 1 aromatic carbocycles. The van der Waals surface area contributed by atoms with Crippen LogP contribution in [0.2, 0.25) is 0 Å². The van der Waals surface area contributed by atoms with Crippen molar-refractivity contribution >= 4 is 18.4 Å². The maximum absolute atomic E-state index is 12.2. The minimum absolute atomic E-state index is 0. The average molecular weight is 367 g/mol. The van der Waals surface area contributed by atoms with Crippen LogP contribution in [0.25, 0.3) is 10.4 Å². The molecule has 2 fully saturated rings. The lowest BCUT2D eigenvalue weighted by atomic mass is 10.0. The van der Waals surface area contributed by atoms with Crippen molar-refractivity contribution in [2.45, 2.75) is 38.0 Å². The maximum Gasteiger partial charge on any atom is 0.323 e. The Morgan fingerprint density at radius 2 is 2.16 bits per heavy atom. The Morgan fingerprint density at radius 1 is 1.36 bits per heavy atom. The molecule has 1 aromatic rings. The smallest absolute Gasteiger partial charge is 0.323 e. The van der Waals surface area contributed by atoms with Crippen LogP contribution in [0.5, 0.6) is 0 Å². The number of fused-ring (bicyclic) bond motifs is 1. The predicted octanol–water partition coefficient (Wildman–Crippen LogP) is 2.99. The van der Waals surface area contributed by atoms with Gasteiger partial charge >= 0.3 is 5.97 Å². The Labute approximate surface area is 153 Å². The second-order valence-electron chi connectivity index (χ2n) is 6.50. The molecule has 1 saturated carbocycles. The average Bonchev–Trinajstić information content (AvgIpc) is 3.16. The Balaban J connectivity index is 0.00000225. The second kappa shape index (κ2) is 9.06. The molecule has 0 spiro atoms. The summed E-state index contributed by atoms with van der Waals surface area (Å²) in [6, 6.07) is 9.80. The lowest BCUT2D eigenvalue weighted by Crippen LogP contribution is -2.35. The standard InChI is InChI=1S/C17H22N4O3.ClH/c18-21-19-7-4-8-23-12-17-9-14(20-15(17)10-17)16(22)24-11-13-5-2-1-3-6-13;/h1-3,5-6,14-15,20H,4,7-12H2;1H/t14-,15-,17+;/m0./s1. The zero-order chi connectivity index (χ0) is 16.8. The van der Waals surface area contributed by atoms with Crippen molar-refractivity contribution in [3.8, 4) is 0 Å². The Bertz CT molecular complexity index is 624. The molecule has 1 heterocycles. The van der Waals surface area contributed by atoms with Crippen molar-refractivity contribution in [3.05, 3.63) is 46.3 Å². The molecule has 0 radical (unpaired) electrons. The molecule has 3 atom stereocenters. The molecule has 2 aliphatic rings. The molecule has 1 N–H and O–H groups in total. The molecular weight excluding hydrogens is 344 g/mol. The van der Waals surface area contributed by atoms with E-state index >= 15 is 0 Å². The van der Waals surface area contributed by atoms with Crippen LogP contribution in [0.1, 0.15) is 24.8 Å². The predicted molar refractivity (Wildman–Crippen MR) is 95.3 cm³/mol. The molecule has 1 aliphatic carbocycles. The number of nitrogens with zero attached hydrogens (tertiary/aromatic N) is 3. The lowest BCUT2D eigenvalue weighted by Gasteiger charge is -2.16. The molecule has 0 amide bonds. The van der Waals surface area contributed by atoms with Gasteiger partial charge < -0.3 is 14.8 Å². The number of piperidine rings is 1. The summed E-state index contributed by atoms with van der Waals surface area (Å²) < 4.78 is 11.1. The molecule has 0 bridgehead atoms. The maximum atomic E-state index is 12.2. The van der Waals surface area contributed by atoms with E-state index in [1.165, 1.54) is 0 Å². The molecule has 1 aliphatic heterocycles. The van der Waals surface area contributed by atoms with E-state index in [0.29, 0.717) is 32.4 Å². The van der Waals surface area contributed by atoms with Gasteiger partial charge in [-0.05, 0) is 30.4 Å². The van der Waals surface area contributed by atoms with E-state index in [1.54, 1.807) is 0 Å². The number of carbonyl (C=O) groups excluding carboxylic acids is 1. The van der Waals surface area contributed by atoms with Crippen molar-refractivity contribution in [1.29, 1.82) is 0 Å². The summed E-state index contributed by atoms with van der Waals surface area (Å²) in [6.45, 7) is 1.99. The highest BCUT2D eigenvalue weighted by Crippen LogP contribution is 2.54. The largest absolute Gasteiger partial charge is 0.460 e. The monoisotopic (exact) mass is 366 g/mol. The third-order valence-electron chi connectivity index (χ3n) is 4.71. The van der Waals surface area contributed by atoms with Crippen LogP contribution in [0.3, 0.4) is 0 Å². The molecule has 25 heavy (non-hydrogen) atoms. The van der Waals surface area contributed by atoms with E-state index in [2.05, 4.69) is 15.3 Å². The third-order valence-corrected chi connectivity index (χ3v) is 4.71. The quantitative estimate of drug-likeness (QED) is 0.239. The molecule has 8 heteroatoms. The summed E-state index contributed by atoms with van der Waals surface area (Å²) >= 11 is 0. The van der Waals surface area contributed by atoms with Crippen LogP contribution in [0.15, 0.2) is 35.4 Å². The first-order valence-corrected chi connectivity index (χ1v) is 8.29.